The topological polar surface area (TPSA) is 60.4 Å². The van der Waals surface area contributed by atoms with Gasteiger partial charge in [0.05, 0.1) is 0 Å². The van der Waals surface area contributed by atoms with Crippen molar-refractivity contribution >= 4 is 11.9 Å². The molecule has 4 rings (SSSR count). The van der Waals surface area contributed by atoms with Gasteiger partial charge in [0.2, 0.25) is 5.91 Å². The molecular weight excluding hydrogens is 326 g/mol. The summed E-state index contributed by atoms with van der Waals surface area (Å²) in [7, 11) is 2.00. The van der Waals surface area contributed by atoms with Crippen LogP contribution in [0.2, 0.25) is 0 Å². The van der Waals surface area contributed by atoms with E-state index in [1.54, 1.807) is 0 Å². The fourth-order valence-corrected chi connectivity index (χ4v) is 8.18. The first kappa shape index (κ1) is 18.3. The average Bonchev–Trinajstić information content (AvgIpc) is 2.95. The van der Waals surface area contributed by atoms with Crippen LogP contribution in [0, 0.1) is 40.4 Å². The molecule has 0 aromatic rings. The van der Waals surface area contributed by atoms with E-state index in [4.69, 9.17) is 0 Å². The van der Waals surface area contributed by atoms with Crippen molar-refractivity contribution in [2.75, 3.05) is 7.05 Å². The third-order valence-corrected chi connectivity index (χ3v) is 9.61. The van der Waals surface area contributed by atoms with Gasteiger partial charge in [-0.3, -0.25) is 4.79 Å². The standard InChI is InChI=1S/C22H35NO3/c1-13(20(25)26)15-6-7-16-14-5-8-18-22(3,12-10-19(24)23(18)4)17(14)9-11-21(15,16)2/h13-18H,5-12H2,1-4H3,(H,25,26)/p-1/t13?,14-,15+,16-,17-,18?,21+,22+/m0/s1. The number of likely N-dealkylation sites (tertiary alicyclic amines) is 1. The minimum atomic E-state index is -0.873. The maximum Gasteiger partial charge on any atom is 0.222 e. The van der Waals surface area contributed by atoms with Gasteiger partial charge in [-0.15, -0.1) is 0 Å². The third kappa shape index (κ3) is 2.32. The Bertz CT molecular complexity index is 619. The van der Waals surface area contributed by atoms with Crippen molar-refractivity contribution < 1.29 is 14.7 Å². The highest BCUT2D eigenvalue weighted by Gasteiger charge is 2.61. The van der Waals surface area contributed by atoms with Crippen LogP contribution >= 0.6 is 0 Å². The van der Waals surface area contributed by atoms with Gasteiger partial charge in [-0.1, -0.05) is 20.8 Å². The Morgan fingerprint density at radius 2 is 1.77 bits per heavy atom. The largest absolute Gasteiger partial charge is 0.550 e. The van der Waals surface area contributed by atoms with E-state index >= 15 is 0 Å². The third-order valence-electron chi connectivity index (χ3n) is 9.61. The lowest BCUT2D eigenvalue weighted by molar-refractivity contribution is -0.314. The van der Waals surface area contributed by atoms with Gasteiger partial charge < -0.3 is 14.8 Å². The minimum absolute atomic E-state index is 0.153. The van der Waals surface area contributed by atoms with Crippen LogP contribution in [0.4, 0.5) is 0 Å². The summed E-state index contributed by atoms with van der Waals surface area (Å²) in [6.07, 6.45) is 8.60. The van der Waals surface area contributed by atoms with E-state index < -0.39 is 5.97 Å². The summed E-state index contributed by atoms with van der Waals surface area (Å²) in [5.41, 5.74) is 0.394. The SMILES string of the molecule is CC(C(=O)[O-])[C@H]1CC[C@H]2[C@@H]3CCC4N(C)C(=O)CC[C@]4(C)[C@H]3CC[C@]12C. The molecule has 3 saturated carbocycles. The summed E-state index contributed by atoms with van der Waals surface area (Å²) in [6.45, 7) is 6.67. The van der Waals surface area contributed by atoms with Crippen LogP contribution in [-0.2, 0) is 9.59 Å². The Morgan fingerprint density at radius 3 is 2.46 bits per heavy atom. The molecule has 1 saturated heterocycles. The maximum absolute atomic E-state index is 12.2. The summed E-state index contributed by atoms with van der Waals surface area (Å²) in [6, 6.07) is 0.397. The zero-order chi connectivity index (χ0) is 18.9. The molecular formula is C22H34NO3-. The molecule has 1 heterocycles. The number of hydrogen-bond donors (Lipinski definition) is 0. The molecule has 26 heavy (non-hydrogen) atoms. The van der Waals surface area contributed by atoms with Crippen LogP contribution in [0.1, 0.15) is 72.1 Å². The Kier molecular flexibility index (Phi) is 4.20. The van der Waals surface area contributed by atoms with Crippen molar-refractivity contribution in [3.8, 4) is 0 Å². The average molecular weight is 361 g/mol. The molecule has 0 aromatic carbocycles. The Labute approximate surface area is 157 Å². The predicted molar refractivity (Wildman–Crippen MR) is 97.8 cm³/mol. The van der Waals surface area contributed by atoms with E-state index in [9.17, 15) is 14.7 Å². The van der Waals surface area contributed by atoms with E-state index in [0.717, 1.165) is 25.7 Å². The molecule has 3 aliphatic carbocycles. The zero-order valence-electron chi connectivity index (χ0n) is 16.8. The Hall–Kier alpha value is -1.06. The molecule has 4 fully saturated rings. The van der Waals surface area contributed by atoms with Crippen molar-refractivity contribution in [2.45, 2.75) is 78.2 Å². The van der Waals surface area contributed by atoms with Crippen LogP contribution in [0.3, 0.4) is 0 Å². The number of carbonyl (C=O) groups excluding carboxylic acids is 2. The van der Waals surface area contributed by atoms with Gasteiger partial charge in [0, 0.05) is 25.5 Å². The summed E-state index contributed by atoms with van der Waals surface area (Å²) in [5.74, 6) is 1.40. The number of amides is 1. The molecule has 0 N–H and O–H groups in total. The molecule has 0 spiro atoms. The number of hydrogen-bond acceptors (Lipinski definition) is 3. The zero-order valence-corrected chi connectivity index (χ0v) is 16.8. The van der Waals surface area contributed by atoms with E-state index in [1.165, 1.54) is 19.3 Å². The maximum atomic E-state index is 12.2. The molecule has 4 nitrogen and oxygen atoms in total. The van der Waals surface area contributed by atoms with Crippen LogP contribution in [0.5, 0.6) is 0 Å². The van der Waals surface area contributed by atoms with E-state index in [2.05, 4.69) is 13.8 Å². The van der Waals surface area contributed by atoms with Crippen LogP contribution in [0.15, 0.2) is 0 Å². The second-order valence-corrected chi connectivity index (χ2v) is 10.3. The molecule has 146 valence electrons. The van der Waals surface area contributed by atoms with Gasteiger partial charge in [0.25, 0.3) is 0 Å². The van der Waals surface area contributed by atoms with Gasteiger partial charge in [-0.2, -0.15) is 0 Å². The second-order valence-electron chi connectivity index (χ2n) is 10.3. The summed E-state index contributed by atoms with van der Waals surface area (Å²) < 4.78 is 0. The van der Waals surface area contributed by atoms with E-state index in [-0.39, 0.29) is 22.7 Å². The summed E-state index contributed by atoms with van der Waals surface area (Å²) >= 11 is 0. The van der Waals surface area contributed by atoms with Crippen molar-refractivity contribution in [1.82, 2.24) is 4.90 Å². The minimum Gasteiger partial charge on any atom is -0.550 e. The van der Waals surface area contributed by atoms with Crippen LogP contribution in [0.25, 0.3) is 0 Å². The first-order valence-electron chi connectivity index (χ1n) is 10.7. The predicted octanol–water partition coefficient (Wildman–Crippen LogP) is 2.85. The highest BCUT2D eigenvalue weighted by molar-refractivity contribution is 5.77. The highest BCUT2D eigenvalue weighted by Crippen LogP contribution is 2.67. The highest BCUT2D eigenvalue weighted by atomic mass is 16.4. The van der Waals surface area contributed by atoms with Crippen molar-refractivity contribution in [3.05, 3.63) is 0 Å². The number of carbonyl (C=O) groups is 2. The van der Waals surface area contributed by atoms with Gasteiger partial charge >= 0.3 is 0 Å². The van der Waals surface area contributed by atoms with Crippen molar-refractivity contribution in [1.29, 1.82) is 0 Å². The van der Waals surface area contributed by atoms with Gasteiger partial charge in [0.1, 0.15) is 0 Å². The fourth-order valence-electron chi connectivity index (χ4n) is 8.18. The van der Waals surface area contributed by atoms with Crippen molar-refractivity contribution in [3.63, 3.8) is 0 Å². The molecule has 0 radical (unpaired) electrons. The van der Waals surface area contributed by atoms with Gasteiger partial charge in [-0.05, 0) is 85.4 Å². The van der Waals surface area contributed by atoms with Crippen molar-refractivity contribution in [2.24, 2.45) is 40.4 Å². The lowest BCUT2D eigenvalue weighted by Gasteiger charge is -2.62. The number of nitrogens with zero attached hydrogens (tertiary/aromatic N) is 1. The quantitative estimate of drug-likeness (QED) is 0.761. The molecule has 2 unspecified atom stereocenters. The number of carboxylic acid groups (broad SMARTS) is 1. The molecule has 4 heteroatoms. The first-order chi connectivity index (χ1) is 12.2. The van der Waals surface area contributed by atoms with E-state index in [0.29, 0.717) is 36.1 Å². The molecule has 8 atom stereocenters. The van der Waals surface area contributed by atoms with Crippen LogP contribution < -0.4 is 5.11 Å². The summed E-state index contributed by atoms with van der Waals surface area (Å²) in [5, 5.41) is 11.5. The Balaban J connectivity index is 1.61. The first-order valence-corrected chi connectivity index (χ1v) is 10.7. The molecule has 4 aliphatic rings. The van der Waals surface area contributed by atoms with E-state index in [1.807, 2.05) is 18.9 Å². The van der Waals surface area contributed by atoms with Crippen LogP contribution in [-0.4, -0.2) is 29.9 Å². The summed E-state index contributed by atoms with van der Waals surface area (Å²) in [4.78, 5) is 25.8. The molecule has 1 amide bonds. The number of piperidine rings is 1. The normalized spacial score (nSPS) is 49.2. The molecule has 1 aliphatic heterocycles. The Morgan fingerprint density at radius 1 is 1.08 bits per heavy atom. The number of rotatable bonds is 2. The fraction of sp³-hybridized carbons (Fsp3) is 0.909. The monoisotopic (exact) mass is 360 g/mol. The lowest BCUT2D eigenvalue weighted by Crippen LogP contribution is -2.61. The van der Waals surface area contributed by atoms with Gasteiger partial charge in [0.15, 0.2) is 0 Å². The number of fused-ring (bicyclic) bond motifs is 5. The smallest absolute Gasteiger partial charge is 0.222 e. The van der Waals surface area contributed by atoms with Gasteiger partial charge in [-0.25, -0.2) is 0 Å². The lowest BCUT2D eigenvalue weighted by atomic mass is 9.46. The molecule has 0 bridgehead atoms. The molecule has 0 aromatic heterocycles. The second kappa shape index (κ2) is 5.97. The number of carboxylic acids is 1. The number of aliphatic carboxylic acids is 1.